The Morgan fingerprint density at radius 2 is 1.56 bits per heavy atom. The van der Waals surface area contributed by atoms with Crippen LogP contribution >= 0.6 is 0 Å². The van der Waals surface area contributed by atoms with Gasteiger partial charge in [0.05, 0.1) is 11.5 Å². The quantitative estimate of drug-likeness (QED) is 0.469. The van der Waals surface area contributed by atoms with Gasteiger partial charge in [-0.25, -0.2) is 8.42 Å². The van der Waals surface area contributed by atoms with Crippen molar-refractivity contribution >= 4 is 21.2 Å². The van der Waals surface area contributed by atoms with Gasteiger partial charge in [0.15, 0.2) is 9.84 Å². The second-order valence-corrected chi connectivity index (χ2v) is 9.42. The highest BCUT2D eigenvalue weighted by Crippen LogP contribution is 2.20. The molecule has 1 aliphatic rings. The lowest BCUT2D eigenvalue weighted by Crippen LogP contribution is -2.40. The highest BCUT2D eigenvalue weighted by atomic mass is 32.2. The van der Waals surface area contributed by atoms with Gasteiger partial charge in [-0.3, -0.25) is 4.90 Å². The minimum absolute atomic E-state index is 0.0749. The summed E-state index contributed by atoms with van der Waals surface area (Å²) < 4.78 is 23.8. The van der Waals surface area contributed by atoms with Crippen molar-refractivity contribution in [3.05, 3.63) is 59.7 Å². The van der Waals surface area contributed by atoms with Gasteiger partial charge in [0, 0.05) is 43.6 Å². The Morgan fingerprint density at radius 1 is 0.963 bits per heavy atom. The zero-order valence-electron chi connectivity index (χ0n) is 15.5. The number of nitrogens with one attached hydrogen (secondary N) is 1. The van der Waals surface area contributed by atoms with E-state index in [1.165, 1.54) is 5.56 Å². The Balaban J connectivity index is 1.57. The standard InChI is InChI=1S/C20H28N4O2S/c21-18-5-1-16(2-6-18)13-23-10-11-24(20-9-12-27(25,26)15-20)14-17-3-7-19(22)8-4-17/h1-8,20,23H,9-15,21-22H2/t20-/m1/s1. The highest BCUT2D eigenvalue weighted by molar-refractivity contribution is 7.91. The molecule has 0 saturated carbocycles. The van der Waals surface area contributed by atoms with E-state index in [9.17, 15) is 8.42 Å². The Hall–Kier alpha value is -2.09. The van der Waals surface area contributed by atoms with Crippen molar-refractivity contribution in [3.8, 4) is 0 Å². The summed E-state index contributed by atoms with van der Waals surface area (Å²) in [6.07, 6.45) is 0.704. The fraction of sp³-hybridized carbons (Fsp3) is 0.400. The number of hydrogen-bond donors (Lipinski definition) is 3. The number of nitrogens with zero attached hydrogens (tertiary/aromatic N) is 1. The smallest absolute Gasteiger partial charge is 0.151 e. The molecule has 2 aromatic carbocycles. The first-order valence-corrected chi connectivity index (χ1v) is 11.1. The molecule has 1 heterocycles. The molecule has 1 fully saturated rings. The molecule has 27 heavy (non-hydrogen) atoms. The minimum atomic E-state index is -2.91. The molecule has 3 rings (SSSR count). The molecule has 1 atom stereocenters. The zero-order valence-corrected chi connectivity index (χ0v) is 16.3. The first-order chi connectivity index (χ1) is 12.9. The second-order valence-electron chi connectivity index (χ2n) is 7.19. The maximum Gasteiger partial charge on any atom is 0.151 e. The van der Waals surface area contributed by atoms with Crippen molar-refractivity contribution in [1.82, 2.24) is 10.2 Å². The van der Waals surface area contributed by atoms with Crippen LogP contribution in [0.2, 0.25) is 0 Å². The SMILES string of the molecule is Nc1ccc(CNCCN(Cc2ccc(N)cc2)[C@@H]2CCS(=O)(=O)C2)cc1. The lowest BCUT2D eigenvalue weighted by Gasteiger charge is -2.28. The molecule has 146 valence electrons. The lowest BCUT2D eigenvalue weighted by molar-refractivity contribution is 0.204. The summed E-state index contributed by atoms with van der Waals surface area (Å²) in [5.74, 6) is 0.536. The molecule has 5 N–H and O–H groups in total. The molecule has 0 bridgehead atoms. The molecule has 0 unspecified atom stereocenters. The molecule has 0 aromatic heterocycles. The van der Waals surface area contributed by atoms with E-state index in [1.54, 1.807) is 0 Å². The molecular formula is C20H28N4O2S. The molecule has 6 nitrogen and oxygen atoms in total. The summed E-state index contributed by atoms with van der Waals surface area (Å²) in [6, 6.07) is 15.7. The third-order valence-electron chi connectivity index (χ3n) is 4.97. The van der Waals surface area contributed by atoms with Gasteiger partial charge in [0.25, 0.3) is 0 Å². The number of sulfone groups is 1. The van der Waals surface area contributed by atoms with Crippen molar-refractivity contribution in [2.75, 3.05) is 36.1 Å². The number of nitrogen functional groups attached to an aromatic ring is 2. The Bertz CT molecular complexity index is 835. The summed E-state index contributed by atoms with van der Waals surface area (Å²) in [6.45, 7) is 3.07. The zero-order chi connectivity index (χ0) is 19.3. The average Bonchev–Trinajstić information content (AvgIpc) is 3.00. The maximum absolute atomic E-state index is 11.9. The molecule has 0 spiro atoms. The fourth-order valence-corrected chi connectivity index (χ4v) is 5.16. The molecule has 7 heteroatoms. The minimum Gasteiger partial charge on any atom is -0.399 e. The monoisotopic (exact) mass is 388 g/mol. The van der Waals surface area contributed by atoms with Crippen LogP contribution < -0.4 is 16.8 Å². The van der Waals surface area contributed by atoms with Crippen LogP contribution in [-0.4, -0.2) is 44.0 Å². The van der Waals surface area contributed by atoms with Gasteiger partial charge < -0.3 is 16.8 Å². The number of anilines is 2. The van der Waals surface area contributed by atoms with Crippen LogP contribution in [0.3, 0.4) is 0 Å². The molecule has 1 saturated heterocycles. The van der Waals surface area contributed by atoms with E-state index >= 15 is 0 Å². The molecule has 2 aromatic rings. The Kier molecular flexibility index (Phi) is 6.36. The van der Waals surface area contributed by atoms with E-state index in [-0.39, 0.29) is 17.5 Å². The van der Waals surface area contributed by atoms with Crippen molar-refractivity contribution in [3.63, 3.8) is 0 Å². The van der Waals surface area contributed by atoms with Crippen LogP contribution in [0.4, 0.5) is 11.4 Å². The highest BCUT2D eigenvalue weighted by Gasteiger charge is 2.31. The van der Waals surface area contributed by atoms with Crippen molar-refractivity contribution in [2.45, 2.75) is 25.6 Å². The number of hydrogen-bond acceptors (Lipinski definition) is 6. The molecular weight excluding hydrogens is 360 g/mol. The number of nitrogens with two attached hydrogens (primary N) is 2. The van der Waals surface area contributed by atoms with E-state index in [0.29, 0.717) is 6.42 Å². The molecule has 0 aliphatic carbocycles. The van der Waals surface area contributed by atoms with Gasteiger partial charge >= 0.3 is 0 Å². The first-order valence-electron chi connectivity index (χ1n) is 9.25. The number of benzene rings is 2. The normalized spacial score (nSPS) is 18.8. The van der Waals surface area contributed by atoms with E-state index in [2.05, 4.69) is 10.2 Å². The third-order valence-corrected chi connectivity index (χ3v) is 6.73. The van der Waals surface area contributed by atoms with Crippen LogP contribution in [0.15, 0.2) is 48.5 Å². The van der Waals surface area contributed by atoms with Gasteiger partial charge in [-0.2, -0.15) is 0 Å². The van der Waals surface area contributed by atoms with Gasteiger partial charge in [-0.1, -0.05) is 24.3 Å². The largest absolute Gasteiger partial charge is 0.399 e. The van der Waals surface area contributed by atoms with Gasteiger partial charge in [0.2, 0.25) is 0 Å². The van der Waals surface area contributed by atoms with E-state index in [1.807, 2.05) is 48.5 Å². The maximum atomic E-state index is 11.9. The molecule has 1 aliphatic heterocycles. The second kappa shape index (κ2) is 8.73. The fourth-order valence-electron chi connectivity index (χ4n) is 3.40. The number of rotatable bonds is 8. The first kappa shape index (κ1) is 19.7. The summed E-state index contributed by atoms with van der Waals surface area (Å²) >= 11 is 0. The predicted molar refractivity (Wildman–Crippen MR) is 111 cm³/mol. The summed E-state index contributed by atoms with van der Waals surface area (Å²) in [7, 11) is -2.91. The van der Waals surface area contributed by atoms with Crippen LogP contribution in [0.1, 0.15) is 17.5 Å². The van der Waals surface area contributed by atoms with E-state index in [0.717, 1.165) is 43.1 Å². The van der Waals surface area contributed by atoms with Gasteiger partial charge in [-0.05, 0) is 41.8 Å². The van der Waals surface area contributed by atoms with E-state index < -0.39 is 9.84 Å². The topological polar surface area (TPSA) is 101 Å². The summed E-state index contributed by atoms with van der Waals surface area (Å²) in [5.41, 5.74) is 15.3. The Labute approximate surface area is 161 Å². The van der Waals surface area contributed by atoms with Crippen molar-refractivity contribution in [1.29, 1.82) is 0 Å². The van der Waals surface area contributed by atoms with E-state index in [4.69, 9.17) is 11.5 Å². The molecule has 0 amide bonds. The summed E-state index contributed by atoms with van der Waals surface area (Å²) in [5, 5.41) is 3.44. The van der Waals surface area contributed by atoms with Crippen molar-refractivity contribution in [2.24, 2.45) is 0 Å². The van der Waals surface area contributed by atoms with Crippen LogP contribution in [0.5, 0.6) is 0 Å². The van der Waals surface area contributed by atoms with Crippen molar-refractivity contribution < 1.29 is 8.42 Å². The predicted octanol–water partition coefficient (Wildman–Crippen LogP) is 1.63. The van der Waals surface area contributed by atoms with Crippen LogP contribution in [0, 0.1) is 0 Å². The Morgan fingerprint density at radius 3 is 2.11 bits per heavy atom. The van der Waals surface area contributed by atoms with Crippen LogP contribution in [0.25, 0.3) is 0 Å². The third kappa shape index (κ3) is 5.95. The summed E-state index contributed by atoms with van der Waals surface area (Å²) in [4.78, 5) is 2.27. The van der Waals surface area contributed by atoms with Crippen LogP contribution in [-0.2, 0) is 22.9 Å². The molecule has 0 radical (unpaired) electrons. The average molecular weight is 389 g/mol. The van der Waals surface area contributed by atoms with Gasteiger partial charge in [0.1, 0.15) is 0 Å². The van der Waals surface area contributed by atoms with Gasteiger partial charge in [-0.15, -0.1) is 0 Å². The lowest BCUT2D eigenvalue weighted by atomic mass is 10.1.